The standard InChI is InChI=1S/C23H29N5O/c1-17-10-13-28(14-11-17)15-12-22-26-20-16-19(8-9-21(20)27(22)2)25-23(29)24-18-6-4-3-5-7-18/h3-9,16-17H,10-15H2,1-2H3,(H2,24,25,29)/p+1. The predicted octanol–water partition coefficient (Wildman–Crippen LogP) is 3.07. The third kappa shape index (κ3) is 4.77. The van der Waals surface area contributed by atoms with Gasteiger partial charge in [0.15, 0.2) is 0 Å². The van der Waals surface area contributed by atoms with Crippen molar-refractivity contribution < 1.29 is 9.69 Å². The third-order valence-electron chi connectivity index (χ3n) is 5.95. The largest absolute Gasteiger partial charge is 0.335 e. The molecular formula is C23H30N5O+. The van der Waals surface area contributed by atoms with Crippen molar-refractivity contribution in [3.63, 3.8) is 0 Å². The first-order valence-corrected chi connectivity index (χ1v) is 10.5. The lowest BCUT2D eigenvalue weighted by Gasteiger charge is -2.27. The lowest BCUT2D eigenvalue weighted by atomic mass is 9.99. The Hall–Kier alpha value is -2.86. The molecule has 6 heteroatoms. The number of quaternary nitrogens is 1. The second kappa shape index (κ2) is 8.66. The van der Waals surface area contributed by atoms with Crippen LogP contribution in [0.4, 0.5) is 16.2 Å². The van der Waals surface area contributed by atoms with Crippen molar-refractivity contribution in [1.29, 1.82) is 0 Å². The van der Waals surface area contributed by atoms with Gasteiger partial charge < -0.3 is 20.1 Å². The molecule has 2 amide bonds. The van der Waals surface area contributed by atoms with Gasteiger partial charge in [-0.1, -0.05) is 25.1 Å². The van der Waals surface area contributed by atoms with E-state index in [1.54, 1.807) is 4.90 Å². The highest BCUT2D eigenvalue weighted by Gasteiger charge is 2.19. The summed E-state index contributed by atoms with van der Waals surface area (Å²) in [5, 5.41) is 5.73. The summed E-state index contributed by atoms with van der Waals surface area (Å²) in [5.74, 6) is 1.98. The molecule has 1 aliphatic rings. The lowest BCUT2D eigenvalue weighted by Crippen LogP contribution is -3.13. The van der Waals surface area contributed by atoms with E-state index in [9.17, 15) is 4.79 Å². The quantitative estimate of drug-likeness (QED) is 0.625. The van der Waals surface area contributed by atoms with Gasteiger partial charge in [0.2, 0.25) is 0 Å². The number of hydrogen-bond donors (Lipinski definition) is 3. The fourth-order valence-electron chi connectivity index (χ4n) is 4.07. The van der Waals surface area contributed by atoms with Crippen molar-refractivity contribution in [2.24, 2.45) is 13.0 Å². The number of nitrogens with zero attached hydrogens (tertiary/aromatic N) is 2. The summed E-state index contributed by atoms with van der Waals surface area (Å²) in [6.07, 6.45) is 3.64. The molecule has 29 heavy (non-hydrogen) atoms. The van der Waals surface area contributed by atoms with Gasteiger partial charge in [0.25, 0.3) is 0 Å². The zero-order valence-electron chi connectivity index (χ0n) is 17.2. The smallest absolute Gasteiger partial charge is 0.323 e. The monoisotopic (exact) mass is 392 g/mol. The average Bonchev–Trinajstić information content (AvgIpc) is 3.03. The molecular weight excluding hydrogens is 362 g/mol. The van der Waals surface area contributed by atoms with Crippen molar-refractivity contribution in [3.05, 3.63) is 54.4 Å². The summed E-state index contributed by atoms with van der Waals surface area (Å²) >= 11 is 0. The second-order valence-corrected chi connectivity index (χ2v) is 8.17. The maximum absolute atomic E-state index is 12.2. The summed E-state index contributed by atoms with van der Waals surface area (Å²) in [6, 6.07) is 15.1. The van der Waals surface area contributed by atoms with Crippen molar-refractivity contribution >= 4 is 28.4 Å². The number of likely N-dealkylation sites (tertiary alicyclic amines) is 1. The number of imidazole rings is 1. The Labute approximate surface area is 171 Å². The minimum Gasteiger partial charge on any atom is -0.335 e. The van der Waals surface area contributed by atoms with E-state index in [-0.39, 0.29) is 6.03 Å². The molecule has 1 aromatic heterocycles. The van der Waals surface area contributed by atoms with Crippen LogP contribution in [0.2, 0.25) is 0 Å². The average molecular weight is 393 g/mol. The van der Waals surface area contributed by atoms with Gasteiger partial charge in [0.05, 0.1) is 37.1 Å². The Balaban J connectivity index is 1.40. The van der Waals surface area contributed by atoms with E-state index < -0.39 is 0 Å². The van der Waals surface area contributed by atoms with Crippen LogP contribution in [0.3, 0.4) is 0 Å². The van der Waals surface area contributed by atoms with E-state index in [1.165, 1.54) is 25.9 Å². The first kappa shape index (κ1) is 19.5. The first-order chi connectivity index (χ1) is 14.1. The molecule has 6 nitrogen and oxygen atoms in total. The zero-order chi connectivity index (χ0) is 20.2. The minimum atomic E-state index is -0.255. The molecule has 4 rings (SSSR count). The van der Waals surface area contributed by atoms with Crippen LogP contribution in [-0.4, -0.2) is 35.2 Å². The molecule has 0 atom stereocenters. The Kier molecular flexibility index (Phi) is 5.81. The lowest BCUT2D eigenvalue weighted by molar-refractivity contribution is -0.906. The number of aryl methyl sites for hydroxylation is 1. The van der Waals surface area contributed by atoms with Crippen LogP contribution in [0.5, 0.6) is 0 Å². The second-order valence-electron chi connectivity index (χ2n) is 8.17. The number of piperidine rings is 1. The summed E-state index contributed by atoms with van der Waals surface area (Å²) in [6.45, 7) is 6.04. The molecule has 0 spiro atoms. The summed E-state index contributed by atoms with van der Waals surface area (Å²) < 4.78 is 2.18. The topological polar surface area (TPSA) is 63.4 Å². The Bertz CT molecular complexity index is 974. The van der Waals surface area contributed by atoms with Crippen LogP contribution in [-0.2, 0) is 13.5 Å². The predicted molar refractivity (Wildman–Crippen MR) is 117 cm³/mol. The Morgan fingerprint density at radius 3 is 2.59 bits per heavy atom. The normalized spacial score (nSPS) is 19.2. The molecule has 2 heterocycles. The highest BCUT2D eigenvalue weighted by Crippen LogP contribution is 2.20. The van der Waals surface area contributed by atoms with Crippen LogP contribution < -0.4 is 15.5 Å². The van der Waals surface area contributed by atoms with Crippen LogP contribution in [0, 0.1) is 5.92 Å². The Morgan fingerprint density at radius 2 is 1.83 bits per heavy atom. The Morgan fingerprint density at radius 1 is 1.10 bits per heavy atom. The fraction of sp³-hybridized carbons (Fsp3) is 0.391. The minimum absolute atomic E-state index is 0.255. The fourth-order valence-corrected chi connectivity index (χ4v) is 4.07. The highest BCUT2D eigenvalue weighted by atomic mass is 16.2. The van der Waals surface area contributed by atoms with Gasteiger partial charge in [-0.2, -0.15) is 0 Å². The molecule has 0 bridgehead atoms. The van der Waals surface area contributed by atoms with Crippen LogP contribution >= 0.6 is 0 Å². The molecule has 0 radical (unpaired) electrons. The van der Waals surface area contributed by atoms with Crippen LogP contribution in [0.25, 0.3) is 11.0 Å². The van der Waals surface area contributed by atoms with E-state index in [1.807, 2.05) is 48.5 Å². The molecule has 2 aromatic carbocycles. The zero-order valence-corrected chi connectivity index (χ0v) is 17.2. The maximum Gasteiger partial charge on any atom is 0.323 e. The molecule has 152 valence electrons. The molecule has 0 aliphatic carbocycles. The number of hydrogen-bond acceptors (Lipinski definition) is 2. The number of aromatic nitrogens is 2. The molecule has 1 fully saturated rings. The highest BCUT2D eigenvalue weighted by molar-refractivity contribution is 6.00. The number of anilines is 2. The van der Waals surface area contributed by atoms with Crippen LogP contribution in [0.15, 0.2) is 48.5 Å². The number of amides is 2. The van der Waals surface area contributed by atoms with Crippen molar-refractivity contribution in [2.45, 2.75) is 26.2 Å². The number of fused-ring (bicyclic) bond motifs is 1. The van der Waals surface area contributed by atoms with Gasteiger partial charge in [-0.25, -0.2) is 9.78 Å². The summed E-state index contributed by atoms with van der Waals surface area (Å²) in [4.78, 5) is 18.8. The maximum atomic E-state index is 12.2. The van der Waals surface area contributed by atoms with E-state index in [4.69, 9.17) is 4.98 Å². The van der Waals surface area contributed by atoms with E-state index in [0.29, 0.717) is 0 Å². The number of urea groups is 1. The molecule has 3 N–H and O–H groups in total. The third-order valence-corrected chi connectivity index (χ3v) is 5.95. The van der Waals surface area contributed by atoms with Crippen molar-refractivity contribution in [3.8, 4) is 0 Å². The van der Waals surface area contributed by atoms with Crippen molar-refractivity contribution in [2.75, 3.05) is 30.3 Å². The molecule has 3 aromatic rings. The van der Waals surface area contributed by atoms with Crippen LogP contribution in [0.1, 0.15) is 25.6 Å². The first-order valence-electron chi connectivity index (χ1n) is 10.5. The molecule has 0 unspecified atom stereocenters. The summed E-state index contributed by atoms with van der Waals surface area (Å²) in [7, 11) is 2.08. The van der Waals surface area contributed by atoms with Gasteiger partial charge in [-0.15, -0.1) is 0 Å². The SMILES string of the molecule is CC1CC[NH+](CCc2nc3cc(NC(=O)Nc4ccccc4)ccc3n2C)CC1. The number of nitrogens with one attached hydrogen (secondary N) is 3. The van der Waals surface area contributed by atoms with Gasteiger partial charge in [-0.05, 0) is 49.1 Å². The van der Waals surface area contributed by atoms with E-state index >= 15 is 0 Å². The van der Waals surface area contributed by atoms with Gasteiger partial charge >= 0.3 is 6.03 Å². The molecule has 1 saturated heterocycles. The number of carbonyl (C=O) groups excluding carboxylic acids is 1. The number of benzene rings is 2. The molecule has 1 aliphatic heterocycles. The van der Waals surface area contributed by atoms with Crippen molar-refractivity contribution in [1.82, 2.24) is 9.55 Å². The van der Waals surface area contributed by atoms with Gasteiger partial charge in [-0.3, -0.25) is 0 Å². The summed E-state index contributed by atoms with van der Waals surface area (Å²) in [5.41, 5.74) is 3.52. The van der Waals surface area contributed by atoms with Gasteiger partial charge in [0.1, 0.15) is 5.82 Å². The number of para-hydroxylation sites is 1. The van der Waals surface area contributed by atoms with Gasteiger partial charge in [0, 0.05) is 18.4 Å². The molecule has 0 saturated carbocycles. The van der Waals surface area contributed by atoms with E-state index in [2.05, 4.69) is 29.2 Å². The number of rotatable bonds is 5. The number of carbonyl (C=O) groups is 1. The van der Waals surface area contributed by atoms with E-state index in [0.717, 1.165) is 47.1 Å².